The lowest BCUT2D eigenvalue weighted by atomic mass is 10.1. The zero-order valence-corrected chi connectivity index (χ0v) is 16.3. The molecule has 2 nitrogen and oxygen atoms in total. The van der Waals surface area contributed by atoms with Crippen molar-refractivity contribution in [3.63, 3.8) is 0 Å². The van der Waals surface area contributed by atoms with Crippen molar-refractivity contribution in [2.45, 2.75) is 39.3 Å². The van der Waals surface area contributed by atoms with Crippen LogP contribution in [0.2, 0.25) is 0 Å². The lowest BCUT2D eigenvalue weighted by Crippen LogP contribution is -2.08. The molecule has 0 radical (unpaired) electrons. The molecule has 29 heavy (non-hydrogen) atoms. The Labute approximate surface area is 167 Å². The molecule has 158 valence electrons. The number of rotatable bonds is 10. The van der Waals surface area contributed by atoms with Gasteiger partial charge in [-0.15, -0.1) is 0 Å². The number of aryl methyl sites for hydroxylation is 1. The van der Waals surface area contributed by atoms with Gasteiger partial charge >= 0.3 is 0 Å². The predicted octanol–water partition coefficient (Wildman–Crippen LogP) is 6.63. The van der Waals surface area contributed by atoms with E-state index in [4.69, 9.17) is 9.47 Å². The first kappa shape index (κ1) is 22.7. The summed E-state index contributed by atoms with van der Waals surface area (Å²) >= 11 is 0. The Morgan fingerprint density at radius 2 is 1.55 bits per heavy atom. The summed E-state index contributed by atoms with van der Waals surface area (Å²) < 4.78 is 80.4. The van der Waals surface area contributed by atoms with Crippen molar-refractivity contribution in [3.8, 4) is 11.5 Å². The third-order valence-corrected chi connectivity index (χ3v) is 4.29. The van der Waals surface area contributed by atoms with Crippen LogP contribution in [0, 0.1) is 23.3 Å². The monoisotopic (exact) mass is 414 g/mol. The highest BCUT2D eigenvalue weighted by molar-refractivity contribution is 5.33. The smallest absolute Gasteiger partial charge is 0.200 e. The molecule has 1 atom stereocenters. The molecule has 0 aliphatic heterocycles. The Balaban J connectivity index is 1.99. The molecule has 0 N–H and O–H groups in total. The van der Waals surface area contributed by atoms with Crippen molar-refractivity contribution in [2.24, 2.45) is 0 Å². The van der Waals surface area contributed by atoms with Gasteiger partial charge < -0.3 is 9.47 Å². The quantitative estimate of drug-likeness (QED) is 0.321. The number of ether oxygens (including phenoxy) is 2. The average Bonchev–Trinajstić information content (AvgIpc) is 2.70. The van der Waals surface area contributed by atoms with Gasteiger partial charge in [0.25, 0.3) is 0 Å². The fourth-order valence-electron chi connectivity index (χ4n) is 2.77. The Kier molecular flexibility index (Phi) is 8.49. The van der Waals surface area contributed by atoms with Crippen molar-refractivity contribution < 1.29 is 31.4 Å². The summed E-state index contributed by atoms with van der Waals surface area (Å²) in [6, 6.07) is 4.92. The highest BCUT2D eigenvalue weighted by Gasteiger charge is 2.21. The maximum atomic E-state index is 14.3. The summed E-state index contributed by atoms with van der Waals surface area (Å²) in [5, 5.41) is 0. The van der Waals surface area contributed by atoms with Gasteiger partial charge in [-0.05, 0) is 50.5 Å². The Morgan fingerprint density at radius 3 is 2.24 bits per heavy atom. The molecule has 0 amide bonds. The molecule has 2 aromatic carbocycles. The number of allylic oxidation sites excluding steroid dienone is 2. The molecule has 0 aliphatic carbocycles. The van der Waals surface area contributed by atoms with Crippen LogP contribution in [0.15, 0.2) is 36.4 Å². The van der Waals surface area contributed by atoms with Crippen LogP contribution in [-0.4, -0.2) is 13.2 Å². The minimum absolute atomic E-state index is 0.138. The predicted molar refractivity (Wildman–Crippen MR) is 101 cm³/mol. The third-order valence-electron chi connectivity index (χ3n) is 4.29. The van der Waals surface area contributed by atoms with Gasteiger partial charge in [0.2, 0.25) is 11.6 Å². The summed E-state index contributed by atoms with van der Waals surface area (Å²) in [7, 11) is 0. The van der Waals surface area contributed by atoms with Crippen molar-refractivity contribution >= 4 is 0 Å². The van der Waals surface area contributed by atoms with Crippen LogP contribution in [0.3, 0.4) is 0 Å². The van der Waals surface area contributed by atoms with Crippen LogP contribution in [0.4, 0.5) is 22.0 Å². The van der Waals surface area contributed by atoms with Crippen LogP contribution in [0.1, 0.15) is 44.0 Å². The standard InChI is InChI=1S/C22H23F5O2/c1-3-5-6-7-14-8-10-18(21(26)19(14)24)29-13-12-16(23)15-9-11-17(28-4-2)22(27)20(15)25/h3,5,8-11,16H,4,6-7,12-13H2,1-2H3. The van der Waals surface area contributed by atoms with Gasteiger partial charge in [0.15, 0.2) is 23.1 Å². The second-order valence-corrected chi connectivity index (χ2v) is 6.28. The fraction of sp³-hybridized carbons (Fsp3) is 0.364. The zero-order valence-electron chi connectivity index (χ0n) is 16.3. The molecule has 7 heteroatoms. The summed E-state index contributed by atoms with van der Waals surface area (Å²) in [5.74, 6) is -5.44. The first-order valence-corrected chi connectivity index (χ1v) is 9.36. The van der Waals surface area contributed by atoms with E-state index in [0.717, 1.165) is 12.1 Å². The second kappa shape index (κ2) is 10.8. The van der Waals surface area contributed by atoms with E-state index in [2.05, 4.69) is 0 Å². The molecule has 2 aromatic rings. The second-order valence-electron chi connectivity index (χ2n) is 6.28. The zero-order chi connectivity index (χ0) is 21.4. The van der Waals surface area contributed by atoms with Gasteiger partial charge in [-0.2, -0.15) is 8.78 Å². The summed E-state index contributed by atoms with van der Waals surface area (Å²) in [6.07, 6.45) is 2.32. The average molecular weight is 414 g/mol. The number of hydrogen-bond donors (Lipinski definition) is 0. The molecule has 0 heterocycles. The van der Waals surface area contributed by atoms with E-state index in [-0.39, 0.29) is 36.7 Å². The van der Waals surface area contributed by atoms with E-state index in [1.807, 2.05) is 19.1 Å². The number of halogens is 5. The van der Waals surface area contributed by atoms with E-state index in [0.29, 0.717) is 12.8 Å². The van der Waals surface area contributed by atoms with Gasteiger partial charge in [0.1, 0.15) is 6.17 Å². The first-order valence-electron chi connectivity index (χ1n) is 9.36. The Bertz CT molecular complexity index is 852. The topological polar surface area (TPSA) is 18.5 Å². The van der Waals surface area contributed by atoms with Gasteiger partial charge in [0, 0.05) is 12.0 Å². The van der Waals surface area contributed by atoms with Crippen molar-refractivity contribution in [3.05, 3.63) is 70.8 Å². The molecule has 0 bridgehead atoms. The normalized spacial score (nSPS) is 12.4. The van der Waals surface area contributed by atoms with Crippen LogP contribution >= 0.6 is 0 Å². The first-order chi connectivity index (χ1) is 13.9. The minimum atomic E-state index is -1.88. The lowest BCUT2D eigenvalue weighted by Gasteiger charge is -2.14. The van der Waals surface area contributed by atoms with Crippen molar-refractivity contribution in [2.75, 3.05) is 13.2 Å². The van der Waals surface area contributed by atoms with Crippen LogP contribution in [0.25, 0.3) is 0 Å². The Hall–Kier alpha value is -2.57. The van der Waals surface area contributed by atoms with Crippen molar-refractivity contribution in [1.29, 1.82) is 0 Å². The lowest BCUT2D eigenvalue weighted by molar-refractivity contribution is 0.224. The maximum absolute atomic E-state index is 14.3. The molecule has 0 fully saturated rings. The molecule has 0 aromatic heterocycles. The molecular weight excluding hydrogens is 391 g/mol. The van der Waals surface area contributed by atoms with E-state index in [1.165, 1.54) is 12.1 Å². The molecule has 0 saturated heterocycles. The number of alkyl halides is 1. The molecule has 0 saturated carbocycles. The van der Waals surface area contributed by atoms with Crippen LogP contribution in [-0.2, 0) is 6.42 Å². The van der Waals surface area contributed by atoms with Gasteiger partial charge in [0.05, 0.1) is 13.2 Å². The van der Waals surface area contributed by atoms with E-state index < -0.39 is 35.0 Å². The highest BCUT2D eigenvalue weighted by Crippen LogP contribution is 2.31. The van der Waals surface area contributed by atoms with Gasteiger partial charge in [-0.3, -0.25) is 0 Å². The fourth-order valence-corrected chi connectivity index (χ4v) is 2.77. The largest absolute Gasteiger partial charge is 0.491 e. The Morgan fingerprint density at radius 1 is 0.897 bits per heavy atom. The molecule has 1 unspecified atom stereocenters. The van der Waals surface area contributed by atoms with E-state index in [1.54, 1.807) is 6.92 Å². The summed E-state index contributed by atoms with van der Waals surface area (Å²) in [6.45, 7) is 3.24. The van der Waals surface area contributed by atoms with E-state index in [9.17, 15) is 22.0 Å². The minimum Gasteiger partial charge on any atom is -0.491 e. The molecule has 2 rings (SSSR count). The third kappa shape index (κ3) is 5.71. The van der Waals surface area contributed by atoms with Crippen LogP contribution in [0.5, 0.6) is 11.5 Å². The molecule has 0 spiro atoms. The highest BCUT2D eigenvalue weighted by atomic mass is 19.2. The van der Waals surface area contributed by atoms with Gasteiger partial charge in [-0.25, -0.2) is 13.2 Å². The summed E-state index contributed by atoms with van der Waals surface area (Å²) in [4.78, 5) is 0. The number of hydrogen-bond acceptors (Lipinski definition) is 2. The summed E-state index contributed by atoms with van der Waals surface area (Å²) in [5.41, 5.74) is -0.274. The molecule has 0 aliphatic rings. The van der Waals surface area contributed by atoms with Crippen LogP contribution < -0.4 is 9.47 Å². The SMILES string of the molecule is CC=CCCc1ccc(OCCC(F)c2ccc(OCC)c(F)c2F)c(F)c1F. The maximum Gasteiger partial charge on any atom is 0.200 e. The van der Waals surface area contributed by atoms with E-state index >= 15 is 0 Å². The van der Waals surface area contributed by atoms with Crippen molar-refractivity contribution in [1.82, 2.24) is 0 Å². The number of benzene rings is 2. The molecular formula is C22H23F5O2. The van der Waals surface area contributed by atoms with Gasteiger partial charge in [-0.1, -0.05) is 18.2 Å².